The van der Waals surface area contributed by atoms with E-state index >= 15 is 0 Å². The fourth-order valence-corrected chi connectivity index (χ4v) is 1.45. The monoisotopic (exact) mass is 194 g/mol. The third-order valence-corrected chi connectivity index (χ3v) is 2.24. The lowest BCUT2D eigenvalue weighted by Crippen LogP contribution is -2.36. The minimum absolute atomic E-state index is 1.05. The molecule has 0 aliphatic carbocycles. The van der Waals surface area contributed by atoms with Gasteiger partial charge in [-0.25, -0.2) is 0 Å². The third-order valence-electron chi connectivity index (χ3n) is 2.24. The zero-order valence-corrected chi connectivity index (χ0v) is 9.88. The molecule has 0 atom stereocenters. The van der Waals surface area contributed by atoms with E-state index in [-0.39, 0.29) is 0 Å². The van der Waals surface area contributed by atoms with Crippen molar-refractivity contribution >= 4 is 0 Å². The van der Waals surface area contributed by atoms with Crippen LogP contribution in [0.5, 0.6) is 0 Å². The molecule has 0 aromatic carbocycles. The molecule has 0 saturated carbocycles. The van der Waals surface area contributed by atoms with Crippen LogP contribution in [0.15, 0.2) is 36.7 Å². The van der Waals surface area contributed by atoms with Crippen LogP contribution < -0.4 is 0 Å². The van der Waals surface area contributed by atoms with Crippen LogP contribution in [0, 0.1) is 0 Å². The summed E-state index contributed by atoms with van der Waals surface area (Å²) in [6, 6.07) is 0. The van der Waals surface area contributed by atoms with Crippen molar-refractivity contribution in [1.82, 2.24) is 9.80 Å². The Bertz CT molecular complexity index is 204. The minimum atomic E-state index is 1.05. The van der Waals surface area contributed by atoms with Crippen LogP contribution in [0.4, 0.5) is 0 Å². The van der Waals surface area contributed by atoms with Gasteiger partial charge in [-0.05, 0) is 12.2 Å². The summed E-state index contributed by atoms with van der Waals surface area (Å²) >= 11 is 0. The maximum atomic E-state index is 3.79. The molecule has 2 heteroatoms. The maximum absolute atomic E-state index is 3.79. The lowest BCUT2D eigenvalue weighted by Gasteiger charge is -2.34. The zero-order valence-electron chi connectivity index (χ0n) is 9.88. The summed E-state index contributed by atoms with van der Waals surface area (Å²) < 4.78 is 0. The second-order valence-corrected chi connectivity index (χ2v) is 3.02. The molecule has 1 heterocycles. The van der Waals surface area contributed by atoms with Crippen LogP contribution in [0.25, 0.3) is 0 Å². The smallest absolute Gasteiger partial charge is 0.0595 e. The lowest BCUT2D eigenvalue weighted by atomic mass is 10.2. The Hall–Kier alpha value is -1.18. The average Bonchev–Trinajstić information content (AvgIpc) is 2.24. The molecule has 1 aliphatic rings. The molecule has 0 bridgehead atoms. The Balaban J connectivity index is 0.000000791. The summed E-state index contributed by atoms with van der Waals surface area (Å²) in [6.07, 6.45) is 3.76. The molecule has 14 heavy (non-hydrogen) atoms. The summed E-state index contributed by atoms with van der Waals surface area (Å²) in [7, 11) is 4.15. The van der Waals surface area contributed by atoms with Gasteiger partial charge in [0.15, 0.2) is 0 Å². The van der Waals surface area contributed by atoms with Crippen molar-refractivity contribution in [3.8, 4) is 0 Å². The Morgan fingerprint density at radius 3 is 1.43 bits per heavy atom. The molecule has 0 amide bonds. The molecule has 0 fully saturated rings. The van der Waals surface area contributed by atoms with E-state index in [9.17, 15) is 0 Å². The van der Waals surface area contributed by atoms with Gasteiger partial charge in [0.2, 0.25) is 0 Å². The first-order chi connectivity index (χ1) is 6.70. The largest absolute Gasteiger partial charge is 0.371 e. The highest BCUT2D eigenvalue weighted by Crippen LogP contribution is 2.18. The van der Waals surface area contributed by atoms with Crippen LogP contribution in [-0.4, -0.2) is 37.0 Å². The summed E-state index contributed by atoms with van der Waals surface area (Å²) in [5.74, 6) is 0. The van der Waals surface area contributed by atoms with E-state index in [4.69, 9.17) is 0 Å². The number of nitrogens with zero attached hydrogens (tertiary/aromatic N) is 2. The van der Waals surface area contributed by atoms with Crippen molar-refractivity contribution in [1.29, 1.82) is 0 Å². The van der Waals surface area contributed by atoms with Gasteiger partial charge in [-0.2, -0.15) is 0 Å². The fourth-order valence-electron chi connectivity index (χ4n) is 1.45. The second kappa shape index (κ2) is 6.30. The van der Waals surface area contributed by atoms with E-state index in [1.165, 1.54) is 11.4 Å². The Morgan fingerprint density at radius 1 is 0.929 bits per heavy atom. The van der Waals surface area contributed by atoms with Crippen molar-refractivity contribution in [3.63, 3.8) is 0 Å². The molecule has 0 unspecified atom stereocenters. The van der Waals surface area contributed by atoms with Crippen LogP contribution in [0.2, 0.25) is 0 Å². The molecule has 0 radical (unpaired) electrons. The van der Waals surface area contributed by atoms with Crippen LogP contribution >= 0.6 is 0 Å². The van der Waals surface area contributed by atoms with Crippen molar-refractivity contribution < 1.29 is 0 Å². The van der Waals surface area contributed by atoms with Crippen molar-refractivity contribution in [2.75, 3.05) is 27.2 Å². The normalized spacial score (nSPS) is 16.0. The SMILES string of the molecule is C=CC1=C(C=C)N(C)CCN1C.CC. The Morgan fingerprint density at radius 2 is 1.21 bits per heavy atom. The van der Waals surface area contributed by atoms with Crippen molar-refractivity contribution in [3.05, 3.63) is 36.7 Å². The maximum Gasteiger partial charge on any atom is 0.0595 e. The molecule has 0 spiro atoms. The Kier molecular flexibility index (Phi) is 5.77. The highest BCUT2D eigenvalue weighted by molar-refractivity contribution is 5.30. The number of allylic oxidation sites excluding steroid dienone is 2. The molecule has 0 aromatic heterocycles. The summed E-state index contributed by atoms with van der Waals surface area (Å²) in [5.41, 5.74) is 2.33. The number of hydrogen-bond acceptors (Lipinski definition) is 2. The van der Waals surface area contributed by atoms with E-state index in [0.717, 1.165) is 13.1 Å². The van der Waals surface area contributed by atoms with Gasteiger partial charge in [0.25, 0.3) is 0 Å². The van der Waals surface area contributed by atoms with Crippen molar-refractivity contribution in [2.24, 2.45) is 0 Å². The molecule has 2 nitrogen and oxygen atoms in total. The topological polar surface area (TPSA) is 6.48 Å². The summed E-state index contributed by atoms with van der Waals surface area (Å²) in [4.78, 5) is 4.40. The summed E-state index contributed by atoms with van der Waals surface area (Å²) in [6.45, 7) is 13.7. The van der Waals surface area contributed by atoms with Gasteiger partial charge >= 0.3 is 0 Å². The lowest BCUT2D eigenvalue weighted by molar-refractivity contribution is 0.293. The van der Waals surface area contributed by atoms with Gasteiger partial charge in [-0.3, -0.25) is 0 Å². The van der Waals surface area contributed by atoms with Crippen LogP contribution in [0.1, 0.15) is 13.8 Å². The van der Waals surface area contributed by atoms with Crippen molar-refractivity contribution in [2.45, 2.75) is 13.8 Å². The molecule has 80 valence electrons. The van der Waals surface area contributed by atoms with E-state index in [0.29, 0.717) is 0 Å². The first-order valence-corrected chi connectivity index (χ1v) is 5.12. The van der Waals surface area contributed by atoms with Gasteiger partial charge in [0.05, 0.1) is 11.4 Å². The van der Waals surface area contributed by atoms with E-state index in [2.05, 4.69) is 37.1 Å². The molecule has 1 aliphatic heterocycles. The first kappa shape index (κ1) is 12.8. The second-order valence-electron chi connectivity index (χ2n) is 3.02. The minimum Gasteiger partial charge on any atom is -0.371 e. The van der Waals surface area contributed by atoms with Gasteiger partial charge in [-0.15, -0.1) is 0 Å². The van der Waals surface area contributed by atoms with E-state index in [1.807, 2.05) is 26.0 Å². The van der Waals surface area contributed by atoms with Gasteiger partial charge in [0, 0.05) is 27.2 Å². The van der Waals surface area contributed by atoms with Gasteiger partial charge in [-0.1, -0.05) is 27.0 Å². The standard InChI is InChI=1S/C10H16N2.C2H6/c1-5-9-10(6-2)12(4)8-7-11(9)3;1-2/h5-6H,1-2,7-8H2,3-4H3;1-2H3. The zero-order chi connectivity index (χ0) is 11.1. The van der Waals surface area contributed by atoms with Gasteiger partial charge in [0.1, 0.15) is 0 Å². The fraction of sp³-hybridized carbons (Fsp3) is 0.500. The van der Waals surface area contributed by atoms with Crippen LogP contribution in [-0.2, 0) is 0 Å². The highest BCUT2D eigenvalue weighted by atomic mass is 15.2. The predicted molar refractivity (Wildman–Crippen MR) is 64.0 cm³/mol. The van der Waals surface area contributed by atoms with E-state index < -0.39 is 0 Å². The summed E-state index contributed by atoms with van der Waals surface area (Å²) in [5, 5.41) is 0. The predicted octanol–water partition coefficient (Wildman–Crippen LogP) is 2.47. The molecular formula is C12H22N2. The van der Waals surface area contributed by atoms with Crippen LogP contribution in [0.3, 0.4) is 0 Å². The quantitative estimate of drug-likeness (QED) is 0.666. The number of hydrogen-bond donors (Lipinski definition) is 0. The third kappa shape index (κ3) is 2.66. The number of rotatable bonds is 2. The number of likely N-dealkylation sites (N-methyl/N-ethyl adjacent to an activating group) is 2. The van der Waals surface area contributed by atoms with E-state index in [1.54, 1.807) is 0 Å². The molecule has 0 saturated heterocycles. The first-order valence-electron chi connectivity index (χ1n) is 5.12. The molecule has 0 N–H and O–H groups in total. The van der Waals surface area contributed by atoms with Gasteiger partial charge < -0.3 is 9.80 Å². The molecular weight excluding hydrogens is 172 g/mol. The molecule has 1 rings (SSSR count). The molecule has 0 aromatic rings. The average molecular weight is 194 g/mol. The highest BCUT2D eigenvalue weighted by Gasteiger charge is 2.15. The Labute approximate surface area is 88.2 Å².